The van der Waals surface area contributed by atoms with Crippen LogP contribution in [0.4, 0.5) is 4.39 Å². The van der Waals surface area contributed by atoms with E-state index in [0.717, 1.165) is 17.3 Å². The van der Waals surface area contributed by atoms with Gasteiger partial charge in [0.1, 0.15) is 5.82 Å². The van der Waals surface area contributed by atoms with Crippen molar-refractivity contribution >= 4 is 12.0 Å². The van der Waals surface area contributed by atoms with Crippen LogP contribution in [0.3, 0.4) is 0 Å². The summed E-state index contributed by atoms with van der Waals surface area (Å²) in [4.78, 5) is 10.5. The van der Waals surface area contributed by atoms with Crippen molar-refractivity contribution in [3.63, 3.8) is 0 Å². The number of benzene rings is 1. The Hall–Kier alpha value is -2.43. The van der Waals surface area contributed by atoms with Crippen molar-refractivity contribution in [1.82, 2.24) is 9.78 Å². The van der Waals surface area contributed by atoms with Crippen molar-refractivity contribution in [1.29, 1.82) is 0 Å². The number of aryl methyl sites for hydroxylation is 1. The molecule has 1 N–H and O–H groups in total. The van der Waals surface area contributed by atoms with Crippen molar-refractivity contribution in [3.05, 3.63) is 47.9 Å². The molecule has 2 rings (SSSR count). The molecule has 18 heavy (non-hydrogen) atoms. The Morgan fingerprint density at radius 2 is 2.06 bits per heavy atom. The summed E-state index contributed by atoms with van der Waals surface area (Å²) in [5.41, 5.74) is 2.19. The van der Waals surface area contributed by atoms with E-state index >= 15 is 0 Å². The van der Waals surface area contributed by atoms with E-state index in [2.05, 4.69) is 5.10 Å². The summed E-state index contributed by atoms with van der Waals surface area (Å²) in [6.07, 6.45) is 4.08. The highest BCUT2D eigenvalue weighted by atomic mass is 19.1. The van der Waals surface area contributed by atoms with Gasteiger partial charge in [0.25, 0.3) is 0 Å². The van der Waals surface area contributed by atoms with E-state index in [1.54, 1.807) is 30.1 Å². The molecule has 1 heterocycles. The highest BCUT2D eigenvalue weighted by Crippen LogP contribution is 2.24. The second-order valence-electron chi connectivity index (χ2n) is 3.75. The molecule has 2 aromatic rings. The quantitative estimate of drug-likeness (QED) is 0.845. The molecule has 0 bridgehead atoms. The topological polar surface area (TPSA) is 55.1 Å². The first-order valence-electron chi connectivity index (χ1n) is 5.27. The van der Waals surface area contributed by atoms with Crippen LogP contribution in [0.1, 0.15) is 5.56 Å². The molecular formula is C13H11FN2O2. The third-order valence-corrected chi connectivity index (χ3v) is 2.49. The minimum absolute atomic E-state index is 0.316. The van der Waals surface area contributed by atoms with Gasteiger partial charge < -0.3 is 5.11 Å². The number of rotatable bonds is 3. The first-order chi connectivity index (χ1) is 8.58. The fourth-order valence-electron chi connectivity index (χ4n) is 1.70. The zero-order valence-corrected chi connectivity index (χ0v) is 9.67. The molecule has 0 atom stereocenters. The third-order valence-electron chi connectivity index (χ3n) is 2.49. The highest BCUT2D eigenvalue weighted by Gasteiger charge is 2.09. The maximum Gasteiger partial charge on any atom is 0.328 e. The molecule has 0 amide bonds. The zero-order chi connectivity index (χ0) is 13.1. The second kappa shape index (κ2) is 4.83. The Labute approximate surface area is 103 Å². The largest absolute Gasteiger partial charge is 0.478 e. The van der Waals surface area contributed by atoms with Gasteiger partial charge in [-0.25, -0.2) is 9.18 Å². The predicted molar refractivity (Wildman–Crippen MR) is 65.3 cm³/mol. The van der Waals surface area contributed by atoms with E-state index in [-0.39, 0.29) is 5.82 Å². The van der Waals surface area contributed by atoms with Gasteiger partial charge in [-0.15, -0.1) is 0 Å². The number of aliphatic carboxylic acids is 1. The first kappa shape index (κ1) is 12.0. The maximum atomic E-state index is 12.9. The number of carboxylic acid groups (broad SMARTS) is 1. The van der Waals surface area contributed by atoms with Gasteiger partial charge in [0.2, 0.25) is 0 Å². The highest BCUT2D eigenvalue weighted by molar-refractivity contribution is 5.87. The molecular weight excluding hydrogens is 235 g/mol. The van der Waals surface area contributed by atoms with E-state index in [4.69, 9.17) is 5.11 Å². The molecule has 0 radical (unpaired) electrons. The van der Waals surface area contributed by atoms with Gasteiger partial charge in [-0.2, -0.15) is 5.10 Å². The average Bonchev–Trinajstić information content (AvgIpc) is 2.69. The summed E-state index contributed by atoms with van der Waals surface area (Å²) in [6, 6.07) is 5.97. The predicted octanol–water partition coefficient (Wildman–Crippen LogP) is 2.32. The molecule has 1 aromatic heterocycles. The molecule has 0 unspecified atom stereocenters. The number of hydrogen-bond acceptors (Lipinski definition) is 2. The van der Waals surface area contributed by atoms with Crippen molar-refractivity contribution < 1.29 is 14.3 Å². The van der Waals surface area contributed by atoms with Gasteiger partial charge in [-0.3, -0.25) is 4.68 Å². The molecule has 1 aromatic carbocycles. The average molecular weight is 246 g/mol. The van der Waals surface area contributed by atoms with Crippen molar-refractivity contribution in [2.45, 2.75) is 0 Å². The van der Waals surface area contributed by atoms with Crippen LogP contribution in [0.5, 0.6) is 0 Å². The zero-order valence-electron chi connectivity index (χ0n) is 9.67. The molecule has 0 aliphatic carbocycles. The van der Waals surface area contributed by atoms with Crippen molar-refractivity contribution in [3.8, 4) is 11.3 Å². The number of hydrogen-bond donors (Lipinski definition) is 1. The van der Waals surface area contributed by atoms with Crippen LogP contribution in [0.2, 0.25) is 0 Å². The number of aromatic nitrogens is 2. The van der Waals surface area contributed by atoms with E-state index in [0.29, 0.717) is 5.56 Å². The lowest BCUT2D eigenvalue weighted by molar-refractivity contribution is -0.131. The maximum absolute atomic E-state index is 12.9. The summed E-state index contributed by atoms with van der Waals surface area (Å²) in [7, 11) is 1.75. The number of halogens is 1. The lowest BCUT2D eigenvalue weighted by Crippen LogP contribution is -1.94. The van der Waals surface area contributed by atoms with E-state index < -0.39 is 5.97 Å². The van der Waals surface area contributed by atoms with E-state index in [1.807, 2.05) is 0 Å². The van der Waals surface area contributed by atoms with Crippen LogP contribution in [0.15, 0.2) is 36.5 Å². The Morgan fingerprint density at radius 3 is 2.67 bits per heavy atom. The minimum atomic E-state index is -1.02. The number of carboxylic acids is 1. The van der Waals surface area contributed by atoms with Crippen LogP contribution in [0.25, 0.3) is 17.3 Å². The molecule has 0 aliphatic rings. The van der Waals surface area contributed by atoms with Crippen LogP contribution in [-0.2, 0) is 11.8 Å². The van der Waals surface area contributed by atoms with Crippen LogP contribution >= 0.6 is 0 Å². The Kier molecular flexibility index (Phi) is 3.23. The van der Waals surface area contributed by atoms with E-state index in [9.17, 15) is 9.18 Å². The van der Waals surface area contributed by atoms with Gasteiger partial charge in [0.05, 0.1) is 11.9 Å². The summed E-state index contributed by atoms with van der Waals surface area (Å²) in [6.45, 7) is 0. The van der Waals surface area contributed by atoms with Crippen molar-refractivity contribution in [2.24, 2.45) is 7.05 Å². The molecule has 0 saturated carbocycles. The molecule has 0 saturated heterocycles. The van der Waals surface area contributed by atoms with Gasteiger partial charge in [-0.1, -0.05) is 0 Å². The molecule has 5 heteroatoms. The van der Waals surface area contributed by atoms with Gasteiger partial charge in [0.15, 0.2) is 0 Å². The van der Waals surface area contributed by atoms with Crippen LogP contribution in [0, 0.1) is 5.82 Å². The minimum Gasteiger partial charge on any atom is -0.478 e. The van der Waals surface area contributed by atoms with Gasteiger partial charge in [0, 0.05) is 24.3 Å². The standard InChI is InChI=1S/C13H11FN2O2/c1-16-13(9-2-5-11(14)6-3-9)10(8-15-16)4-7-12(17)18/h2-8H,1H3,(H,17,18). The Bertz CT molecular complexity index is 600. The van der Waals surface area contributed by atoms with Crippen LogP contribution < -0.4 is 0 Å². The SMILES string of the molecule is Cn1ncc(C=CC(=O)O)c1-c1ccc(F)cc1. The molecule has 92 valence electrons. The first-order valence-corrected chi connectivity index (χ1v) is 5.27. The summed E-state index contributed by atoms with van der Waals surface area (Å²) >= 11 is 0. The Morgan fingerprint density at radius 1 is 1.39 bits per heavy atom. The second-order valence-corrected chi connectivity index (χ2v) is 3.75. The summed E-state index contributed by atoms with van der Waals surface area (Å²) in [5, 5.41) is 12.7. The lowest BCUT2D eigenvalue weighted by Gasteiger charge is -2.03. The normalized spacial score (nSPS) is 11.0. The molecule has 0 fully saturated rings. The summed E-state index contributed by atoms with van der Waals surface area (Å²) in [5.74, 6) is -1.34. The van der Waals surface area contributed by atoms with E-state index in [1.165, 1.54) is 18.2 Å². The van der Waals surface area contributed by atoms with Crippen molar-refractivity contribution in [2.75, 3.05) is 0 Å². The molecule has 0 aliphatic heterocycles. The fourth-order valence-corrected chi connectivity index (χ4v) is 1.70. The lowest BCUT2D eigenvalue weighted by atomic mass is 10.1. The number of carbonyl (C=O) groups is 1. The summed E-state index contributed by atoms with van der Waals surface area (Å²) < 4.78 is 14.5. The smallest absolute Gasteiger partial charge is 0.328 e. The van der Waals surface area contributed by atoms with Gasteiger partial charge >= 0.3 is 5.97 Å². The van der Waals surface area contributed by atoms with Gasteiger partial charge in [-0.05, 0) is 30.3 Å². The fraction of sp³-hybridized carbons (Fsp3) is 0.0769. The Balaban J connectivity index is 2.46. The monoisotopic (exact) mass is 246 g/mol. The van der Waals surface area contributed by atoms with Crippen LogP contribution in [-0.4, -0.2) is 20.9 Å². The number of nitrogens with zero attached hydrogens (tertiary/aromatic N) is 2. The molecule has 4 nitrogen and oxygen atoms in total. The molecule has 0 spiro atoms. The third kappa shape index (κ3) is 2.45.